The monoisotopic (exact) mass is 396 g/mol. The van der Waals surface area contributed by atoms with Gasteiger partial charge in [0.2, 0.25) is 5.16 Å². The summed E-state index contributed by atoms with van der Waals surface area (Å²) in [5.74, 6) is 1.52. The Morgan fingerprint density at radius 2 is 1.96 bits per heavy atom. The number of hydrogen-bond acceptors (Lipinski definition) is 6. The molecule has 2 aromatic carbocycles. The maximum Gasteiger partial charge on any atom is 0.326 e. The lowest BCUT2D eigenvalue weighted by Crippen LogP contribution is -2.17. The van der Waals surface area contributed by atoms with Crippen molar-refractivity contribution in [1.82, 2.24) is 29.8 Å². The summed E-state index contributed by atoms with van der Waals surface area (Å²) >= 11 is 1.55. The van der Waals surface area contributed by atoms with Crippen molar-refractivity contribution in [2.75, 3.05) is 12.4 Å². The summed E-state index contributed by atoms with van der Waals surface area (Å²) < 4.78 is 9.13. The minimum Gasteiger partial charge on any atom is -0.492 e. The van der Waals surface area contributed by atoms with Crippen LogP contribution < -0.4 is 10.4 Å². The van der Waals surface area contributed by atoms with Crippen molar-refractivity contribution in [3.8, 4) is 11.4 Å². The van der Waals surface area contributed by atoms with Crippen LogP contribution in [0.4, 0.5) is 0 Å². The largest absolute Gasteiger partial charge is 0.492 e. The van der Waals surface area contributed by atoms with Crippen LogP contribution in [-0.2, 0) is 6.54 Å². The van der Waals surface area contributed by atoms with Gasteiger partial charge in [0.15, 0.2) is 0 Å². The Balaban J connectivity index is 1.44. The number of H-pyrrole nitrogens is 1. The van der Waals surface area contributed by atoms with Gasteiger partial charge in [-0.25, -0.2) is 4.79 Å². The Labute approximate surface area is 165 Å². The molecule has 1 N–H and O–H groups in total. The number of fused-ring (bicyclic) bond motifs is 1. The van der Waals surface area contributed by atoms with Gasteiger partial charge in [-0.3, -0.25) is 4.57 Å². The van der Waals surface area contributed by atoms with Gasteiger partial charge < -0.3 is 9.72 Å². The van der Waals surface area contributed by atoms with Crippen molar-refractivity contribution in [3.05, 3.63) is 59.0 Å². The number of aryl methyl sites for hydroxylation is 1. The molecule has 2 aromatic heterocycles. The molecule has 0 atom stereocenters. The highest BCUT2D eigenvalue weighted by atomic mass is 32.2. The van der Waals surface area contributed by atoms with Crippen molar-refractivity contribution >= 4 is 22.8 Å². The van der Waals surface area contributed by atoms with Crippen LogP contribution >= 0.6 is 11.8 Å². The zero-order valence-corrected chi connectivity index (χ0v) is 16.2. The average Bonchev–Trinajstić information content (AvgIpc) is 3.30. The van der Waals surface area contributed by atoms with E-state index in [1.807, 2.05) is 55.5 Å². The van der Waals surface area contributed by atoms with E-state index in [1.54, 1.807) is 21.0 Å². The molecule has 0 aliphatic carbocycles. The summed E-state index contributed by atoms with van der Waals surface area (Å²) in [4.78, 5) is 15.0. The van der Waals surface area contributed by atoms with Gasteiger partial charge in [0.1, 0.15) is 11.4 Å². The number of benzene rings is 2. The minimum atomic E-state index is -0.0818. The zero-order valence-electron chi connectivity index (χ0n) is 15.4. The number of imidazole rings is 1. The number of rotatable bonds is 8. The Kier molecular flexibility index (Phi) is 5.43. The summed E-state index contributed by atoms with van der Waals surface area (Å²) in [6.07, 6.45) is 0.812. The predicted molar refractivity (Wildman–Crippen MR) is 108 cm³/mol. The highest BCUT2D eigenvalue weighted by molar-refractivity contribution is 7.99. The van der Waals surface area contributed by atoms with Gasteiger partial charge in [-0.2, -0.15) is 4.68 Å². The van der Waals surface area contributed by atoms with E-state index < -0.39 is 0 Å². The van der Waals surface area contributed by atoms with Crippen LogP contribution in [0.2, 0.25) is 0 Å². The highest BCUT2D eigenvalue weighted by Crippen LogP contribution is 2.26. The molecule has 0 fully saturated rings. The van der Waals surface area contributed by atoms with Crippen molar-refractivity contribution in [3.63, 3.8) is 0 Å². The van der Waals surface area contributed by atoms with Gasteiger partial charge in [0, 0.05) is 12.3 Å². The minimum absolute atomic E-state index is 0.0818. The van der Waals surface area contributed by atoms with Crippen molar-refractivity contribution in [2.45, 2.75) is 25.0 Å². The molecule has 28 heavy (non-hydrogen) atoms. The van der Waals surface area contributed by atoms with Crippen LogP contribution in [0.5, 0.6) is 5.75 Å². The van der Waals surface area contributed by atoms with Crippen LogP contribution in [0.3, 0.4) is 0 Å². The first kappa shape index (κ1) is 18.3. The maximum atomic E-state index is 12.1. The number of tetrazole rings is 1. The molecule has 0 spiro atoms. The molecular weight excluding hydrogens is 376 g/mol. The smallest absolute Gasteiger partial charge is 0.326 e. The number of para-hydroxylation sites is 4. The first-order valence-electron chi connectivity index (χ1n) is 9.09. The fourth-order valence-corrected chi connectivity index (χ4v) is 3.85. The van der Waals surface area contributed by atoms with Gasteiger partial charge in [0.25, 0.3) is 0 Å². The molecule has 0 saturated carbocycles. The number of thioether (sulfide) groups is 1. The summed E-state index contributed by atoms with van der Waals surface area (Å²) in [5, 5.41) is 12.7. The third-order valence-corrected chi connectivity index (χ3v) is 5.28. The molecule has 0 aliphatic heterocycles. The lowest BCUT2D eigenvalue weighted by atomic mass is 10.3. The SMILES string of the molecule is CCOc1ccccc1-n1nnnc1SCCCn1c(=O)[nH]c2ccccc21. The first-order valence-corrected chi connectivity index (χ1v) is 10.1. The number of aromatic amines is 1. The second-order valence-electron chi connectivity index (χ2n) is 6.07. The van der Waals surface area contributed by atoms with E-state index in [0.29, 0.717) is 18.3 Å². The standard InChI is InChI=1S/C19H20N6O2S/c1-2-27-17-11-6-5-10-16(17)25-19(21-22-23-25)28-13-7-12-24-15-9-4-3-8-14(15)20-18(24)26/h3-6,8-11H,2,7,12-13H2,1H3,(H,20,26). The van der Waals surface area contributed by atoms with E-state index in [1.165, 1.54) is 0 Å². The van der Waals surface area contributed by atoms with Gasteiger partial charge >= 0.3 is 5.69 Å². The first-order chi connectivity index (χ1) is 13.8. The summed E-state index contributed by atoms with van der Waals surface area (Å²) in [7, 11) is 0. The van der Waals surface area contributed by atoms with Crippen LogP contribution in [-0.4, -0.2) is 42.1 Å². The molecule has 8 nitrogen and oxygen atoms in total. The van der Waals surface area contributed by atoms with E-state index in [-0.39, 0.29) is 5.69 Å². The summed E-state index contributed by atoms with van der Waals surface area (Å²) in [6, 6.07) is 15.4. The van der Waals surface area contributed by atoms with Crippen LogP contribution in [0, 0.1) is 0 Å². The van der Waals surface area contributed by atoms with Crippen LogP contribution in [0.15, 0.2) is 58.5 Å². The maximum absolute atomic E-state index is 12.1. The molecule has 2 heterocycles. The van der Waals surface area contributed by atoms with Gasteiger partial charge in [-0.05, 0) is 48.0 Å². The Morgan fingerprint density at radius 1 is 1.14 bits per heavy atom. The molecule has 4 rings (SSSR count). The Hall–Kier alpha value is -3.07. The molecule has 144 valence electrons. The predicted octanol–water partition coefficient (Wildman–Crippen LogP) is 2.89. The summed E-state index contributed by atoms with van der Waals surface area (Å²) in [5.41, 5.74) is 2.51. The van der Waals surface area contributed by atoms with Gasteiger partial charge in [0.05, 0.1) is 17.6 Å². The quantitative estimate of drug-likeness (QED) is 0.364. The number of ether oxygens (including phenoxy) is 1. The molecule has 0 aliphatic rings. The number of hydrogen-bond donors (Lipinski definition) is 1. The van der Waals surface area contributed by atoms with E-state index in [4.69, 9.17) is 4.74 Å². The van der Waals surface area contributed by atoms with E-state index in [2.05, 4.69) is 20.5 Å². The molecule has 0 unspecified atom stereocenters. The molecule has 0 bridgehead atoms. The fourth-order valence-electron chi connectivity index (χ4n) is 3.04. The van der Waals surface area contributed by atoms with Crippen LogP contribution in [0.25, 0.3) is 16.7 Å². The van der Waals surface area contributed by atoms with E-state index in [9.17, 15) is 4.79 Å². The Morgan fingerprint density at radius 3 is 2.86 bits per heavy atom. The molecular formula is C19H20N6O2S. The zero-order chi connectivity index (χ0) is 19.3. The van der Waals surface area contributed by atoms with Gasteiger partial charge in [-0.15, -0.1) is 5.10 Å². The van der Waals surface area contributed by atoms with Gasteiger partial charge in [-0.1, -0.05) is 36.0 Å². The summed E-state index contributed by atoms with van der Waals surface area (Å²) in [6.45, 7) is 3.15. The third-order valence-electron chi connectivity index (χ3n) is 4.27. The lowest BCUT2D eigenvalue weighted by Gasteiger charge is -2.10. The fraction of sp³-hybridized carbons (Fsp3) is 0.263. The molecule has 9 heteroatoms. The van der Waals surface area contributed by atoms with E-state index >= 15 is 0 Å². The molecule has 4 aromatic rings. The van der Waals surface area contributed by atoms with Crippen molar-refractivity contribution in [2.24, 2.45) is 0 Å². The van der Waals surface area contributed by atoms with Crippen LogP contribution in [0.1, 0.15) is 13.3 Å². The number of nitrogens with one attached hydrogen (secondary N) is 1. The Bertz CT molecular complexity index is 1130. The normalized spacial score (nSPS) is 11.2. The average molecular weight is 396 g/mol. The highest BCUT2D eigenvalue weighted by Gasteiger charge is 2.13. The van der Waals surface area contributed by atoms with Crippen molar-refractivity contribution in [1.29, 1.82) is 0 Å². The topological polar surface area (TPSA) is 90.6 Å². The molecule has 0 amide bonds. The molecule has 0 saturated heterocycles. The van der Waals surface area contributed by atoms with E-state index in [0.717, 1.165) is 34.6 Å². The molecule has 0 radical (unpaired) electrons. The second kappa shape index (κ2) is 8.30. The van der Waals surface area contributed by atoms with Crippen molar-refractivity contribution < 1.29 is 4.74 Å². The third kappa shape index (κ3) is 3.65. The second-order valence-corrected chi connectivity index (χ2v) is 7.14. The lowest BCUT2D eigenvalue weighted by molar-refractivity contribution is 0.337. The number of aromatic nitrogens is 6. The number of nitrogens with zero attached hydrogens (tertiary/aromatic N) is 5.